The Kier molecular flexibility index (Phi) is 6.78. The number of fused-ring (bicyclic) bond motifs is 1. The third kappa shape index (κ3) is 4.94. The average molecular weight is 453 g/mol. The predicted molar refractivity (Wildman–Crippen MR) is 115 cm³/mol. The molecule has 0 aliphatic heterocycles. The van der Waals surface area contributed by atoms with E-state index in [4.69, 9.17) is 0 Å². The highest BCUT2D eigenvalue weighted by Gasteiger charge is 2.44. The molecule has 32 heavy (non-hydrogen) atoms. The minimum atomic E-state index is -4.57. The van der Waals surface area contributed by atoms with Gasteiger partial charge in [0.15, 0.2) is 0 Å². The molecule has 4 rings (SSSR count). The smallest absolute Gasteiger partial charge is 0.428 e. The number of halogens is 5. The van der Waals surface area contributed by atoms with Crippen molar-refractivity contribution in [3.05, 3.63) is 53.8 Å². The lowest BCUT2D eigenvalue weighted by Gasteiger charge is -2.42. The number of hydrogen-bond donors (Lipinski definition) is 0. The van der Waals surface area contributed by atoms with Gasteiger partial charge in [-0.25, -0.2) is 4.39 Å². The molecule has 2 aromatic carbocycles. The van der Waals surface area contributed by atoms with Crippen LogP contribution < -0.4 is 4.74 Å². The largest absolute Gasteiger partial charge is 0.461 e. The molecular weight excluding hydrogens is 423 g/mol. The zero-order valence-electron chi connectivity index (χ0n) is 18.2. The summed E-state index contributed by atoms with van der Waals surface area (Å²) < 4.78 is 69.7. The Morgan fingerprint density at radius 1 is 0.938 bits per heavy atom. The van der Waals surface area contributed by atoms with E-state index in [9.17, 15) is 22.0 Å². The van der Waals surface area contributed by atoms with Crippen molar-refractivity contribution >= 4 is 0 Å². The molecule has 6 heteroatoms. The number of benzene rings is 2. The molecule has 0 N–H and O–H groups in total. The highest BCUT2D eigenvalue weighted by molar-refractivity contribution is 5.65. The van der Waals surface area contributed by atoms with E-state index in [1.165, 1.54) is 44.2 Å². The van der Waals surface area contributed by atoms with Crippen molar-refractivity contribution in [3.8, 4) is 16.9 Å². The number of ether oxygens (including phenoxy) is 1. The third-order valence-corrected chi connectivity index (χ3v) is 7.44. The summed E-state index contributed by atoms with van der Waals surface area (Å²) in [5.41, 5.74) is 1.83. The fourth-order valence-corrected chi connectivity index (χ4v) is 5.58. The van der Waals surface area contributed by atoms with Gasteiger partial charge in [0, 0.05) is 5.56 Å². The first-order valence-corrected chi connectivity index (χ1v) is 11.5. The molecule has 4 atom stereocenters. The van der Waals surface area contributed by atoms with Gasteiger partial charge in [-0.3, -0.25) is 0 Å². The van der Waals surface area contributed by atoms with Gasteiger partial charge in [0.1, 0.15) is 11.6 Å². The topological polar surface area (TPSA) is 9.23 Å². The molecule has 0 saturated heterocycles. The Balaban J connectivity index is 1.44. The van der Waals surface area contributed by atoms with Crippen molar-refractivity contribution in [1.29, 1.82) is 0 Å². The van der Waals surface area contributed by atoms with Crippen LogP contribution in [0, 0.1) is 23.6 Å². The van der Waals surface area contributed by atoms with Gasteiger partial charge in [-0.1, -0.05) is 44.0 Å². The second-order valence-electron chi connectivity index (χ2n) is 9.35. The van der Waals surface area contributed by atoms with Crippen molar-refractivity contribution in [3.63, 3.8) is 0 Å². The summed E-state index contributed by atoms with van der Waals surface area (Å²) in [5, 5.41) is 0. The average Bonchev–Trinajstić information content (AvgIpc) is 2.78. The van der Waals surface area contributed by atoms with E-state index in [0.717, 1.165) is 48.3 Å². The van der Waals surface area contributed by atoms with Crippen LogP contribution in [0.15, 0.2) is 42.5 Å². The van der Waals surface area contributed by atoms with Gasteiger partial charge in [-0.05, 0) is 85.1 Å². The molecule has 2 aliphatic rings. The molecule has 0 amide bonds. The summed E-state index contributed by atoms with van der Waals surface area (Å²) in [7, 11) is 0. The van der Waals surface area contributed by atoms with Crippen LogP contribution in [0.3, 0.4) is 0 Å². The van der Waals surface area contributed by atoms with Crippen molar-refractivity contribution in [2.75, 3.05) is 0 Å². The van der Waals surface area contributed by atoms with Gasteiger partial charge in [0.2, 0.25) is 0 Å². The number of alkyl halides is 4. The predicted octanol–water partition coefficient (Wildman–Crippen LogP) is 8.44. The SMILES string of the molecule is CCC1CCC2CC(c3ccc(-c4ccc(OC(F)(F)C(F)F)cc4)c(F)c3)CCC2C1. The highest BCUT2D eigenvalue weighted by Crippen LogP contribution is 2.48. The maximum atomic E-state index is 14.9. The normalized spacial score (nSPS) is 26.1. The number of rotatable bonds is 6. The first-order valence-electron chi connectivity index (χ1n) is 11.5. The Labute approximate surface area is 186 Å². The van der Waals surface area contributed by atoms with Crippen LogP contribution in [0.2, 0.25) is 0 Å². The van der Waals surface area contributed by atoms with Crippen molar-refractivity contribution < 1.29 is 26.7 Å². The summed E-state index contributed by atoms with van der Waals surface area (Å²) in [4.78, 5) is 0. The summed E-state index contributed by atoms with van der Waals surface area (Å²) >= 11 is 0. The van der Waals surface area contributed by atoms with E-state index in [1.807, 2.05) is 6.07 Å². The van der Waals surface area contributed by atoms with E-state index >= 15 is 0 Å². The maximum Gasteiger partial charge on any atom is 0.461 e. The second kappa shape index (κ2) is 9.40. The molecule has 0 aromatic heterocycles. The Morgan fingerprint density at radius 2 is 1.62 bits per heavy atom. The zero-order valence-corrected chi connectivity index (χ0v) is 18.2. The fourth-order valence-electron chi connectivity index (χ4n) is 5.58. The van der Waals surface area contributed by atoms with Crippen LogP contribution in [-0.2, 0) is 0 Å². The minimum Gasteiger partial charge on any atom is -0.428 e. The molecule has 2 aliphatic carbocycles. The molecule has 2 aromatic rings. The quantitative estimate of drug-likeness (QED) is 0.400. The molecule has 0 bridgehead atoms. The van der Waals surface area contributed by atoms with Gasteiger partial charge in [-0.2, -0.15) is 17.6 Å². The van der Waals surface area contributed by atoms with Crippen molar-refractivity contribution in [1.82, 2.24) is 0 Å². The fraction of sp³-hybridized carbons (Fsp3) is 0.538. The molecule has 174 valence electrons. The standard InChI is InChI=1S/C26H29F5O/c1-2-16-3-4-19-14-20(6-5-18(19)13-16)21-9-12-23(24(27)15-21)17-7-10-22(11-8-17)32-26(30,31)25(28)29/h7-12,15-16,18-20,25H,2-6,13-14H2,1H3. The molecule has 1 nitrogen and oxygen atoms in total. The maximum absolute atomic E-state index is 14.9. The highest BCUT2D eigenvalue weighted by atomic mass is 19.3. The lowest BCUT2D eigenvalue weighted by Crippen LogP contribution is -2.33. The second-order valence-corrected chi connectivity index (χ2v) is 9.35. The lowest BCUT2D eigenvalue weighted by molar-refractivity contribution is -0.253. The minimum absolute atomic E-state index is 0.345. The lowest BCUT2D eigenvalue weighted by atomic mass is 9.63. The van der Waals surface area contributed by atoms with E-state index in [0.29, 0.717) is 17.0 Å². The van der Waals surface area contributed by atoms with Crippen molar-refractivity contribution in [2.45, 2.75) is 70.3 Å². The third-order valence-electron chi connectivity index (χ3n) is 7.44. The molecule has 2 fully saturated rings. The summed E-state index contributed by atoms with van der Waals surface area (Å²) in [6.45, 7) is 2.28. The van der Waals surface area contributed by atoms with E-state index in [-0.39, 0.29) is 5.82 Å². The Hall–Kier alpha value is -2.11. The Morgan fingerprint density at radius 3 is 2.28 bits per heavy atom. The van der Waals surface area contributed by atoms with E-state index in [1.54, 1.807) is 12.1 Å². The van der Waals surface area contributed by atoms with Crippen LogP contribution in [0.5, 0.6) is 5.75 Å². The monoisotopic (exact) mass is 452 g/mol. The van der Waals surface area contributed by atoms with Crippen LogP contribution in [0.25, 0.3) is 11.1 Å². The zero-order chi connectivity index (χ0) is 22.9. The van der Waals surface area contributed by atoms with E-state index < -0.39 is 18.3 Å². The van der Waals surface area contributed by atoms with Crippen LogP contribution in [0.1, 0.15) is 63.4 Å². The Bertz CT molecular complexity index is 911. The molecule has 0 radical (unpaired) electrons. The van der Waals surface area contributed by atoms with Gasteiger partial charge in [-0.15, -0.1) is 0 Å². The summed E-state index contributed by atoms with van der Waals surface area (Å²) in [5.74, 6) is 2.01. The van der Waals surface area contributed by atoms with Crippen molar-refractivity contribution in [2.24, 2.45) is 17.8 Å². The first kappa shape index (κ1) is 23.1. The molecule has 0 heterocycles. The van der Waals surface area contributed by atoms with Crippen LogP contribution in [0.4, 0.5) is 22.0 Å². The molecule has 2 saturated carbocycles. The molecule has 0 spiro atoms. The summed E-state index contributed by atoms with van der Waals surface area (Å²) in [6.07, 6.45) is 0.100. The van der Waals surface area contributed by atoms with Gasteiger partial charge >= 0.3 is 12.5 Å². The number of hydrogen-bond acceptors (Lipinski definition) is 1. The van der Waals surface area contributed by atoms with Gasteiger partial charge in [0.25, 0.3) is 0 Å². The molecular formula is C26H29F5O. The molecule has 4 unspecified atom stereocenters. The van der Waals surface area contributed by atoms with Crippen LogP contribution >= 0.6 is 0 Å². The van der Waals surface area contributed by atoms with Gasteiger partial charge in [0.05, 0.1) is 0 Å². The van der Waals surface area contributed by atoms with E-state index in [2.05, 4.69) is 11.7 Å². The van der Waals surface area contributed by atoms with Gasteiger partial charge < -0.3 is 4.74 Å². The first-order chi connectivity index (χ1) is 15.3. The van der Waals surface area contributed by atoms with Crippen LogP contribution in [-0.4, -0.2) is 12.5 Å². The summed E-state index contributed by atoms with van der Waals surface area (Å²) in [6, 6.07) is 10.3.